The molecule has 0 bridgehead atoms. The van der Waals surface area contributed by atoms with E-state index in [-0.39, 0.29) is 0 Å². The van der Waals surface area contributed by atoms with Crippen molar-refractivity contribution in [1.82, 2.24) is 15.3 Å². The molecule has 0 unspecified atom stereocenters. The second-order valence-corrected chi connectivity index (χ2v) is 6.24. The number of nitrogens with zero attached hydrogens (tertiary/aromatic N) is 3. The van der Waals surface area contributed by atoms with Gasteiger partial charge in [-0.3, -0.25) is 0 Å². The van der Waals surface area contributed by atoms with Crippen molar-refractivity contribution in [3.8, 4) is 0 Å². The smallest absolute Gasteiger partial charge is 0.136 e. The van der Waals surface area contributed by atoms with Gasteiger partial charge in [-0.05, 0) is 31.6 Å². The van der Waals surface area contributed by atoms with Crippen LogP contribution in [0.1, 0.15) is 50.3 Å². The molecular weight excluding hydrogens is 248 g/mol. The van der Waals surface area contributed by atoms with Crippen molar-refractivity contribution >= 4 is 5.82 Å². The second-order valence-electron chi connectivity index (χ2n) is 6.24. The highest BCUT2D eigenvalue weighted by Gasteiger charge is 2.26. The van der Waals surface area contributed by atoms with Crippen LogP contribution in [-0.2, 0) is 13.0 Å². The third-order valence-corrected chi connectivity index (χ3v) is 5.13. The molecule has 4 nitrogen and oxygen atoms in total. The zero-order valence-corrected chi connectivity index (χ0v) is 12.7. The molecule has 1 fully saturated rings. The van der Waals surface area contributed by atoms with Gasteiger partial charge in [-0.1, -0.05) is 13.3 Å². The van der Waals surface area contributed by atoms with Crippen LogP contribution in [0.25, 0.3) is 0 Å². The molecule has 0 amide bonds. The first-order chi connectivity index (χ1) is 9.79. The first kappa shape index (κ1) is 13.8. The summed E-state index contributed by atoms with van der Waals surface area (Å²) in [5.41, 5.74) is 2.56. The Hall–Kier alpha value is -1.16. The van der Waals surface area contributed by atoms with Crippen molar-refractivity contribution in [1.29, 1.82) is 0 Å². The van der Waals surface area contributed by atoms with Crippen LogP contribution in [-0.4, -0.2) is 29.6 Å². The number of fused-ring (bicyclic) bond motifs is 1. The molecule has 2 aliphatic rings. The Kier molecular flexibility index (Phi) is 4.20. The lowest BCUT2D eigenvalue weighted by Gasteiger charge is -2.36. The van der Waals surface area contributed by atoms with Gasteiger partial charge in [0, 0.05) is 38.2 Å². The minimum atomic E-state index is 0.652. The molecule has 1 aromatic heterocycles. The number of aromatic nitrogens is 2. The molecule has 1 aromatic rings. The summed E-state index contributed by atoms with van der Waals surface area (Å²) < 4.78 is 0. The van der Waals surface area contributed by atoms with Crippen molar-refractivity contribution in [2.24, 2.45) is 5.92 Å². The van der Waals surface area contributed by atoms with Crippen molar-refractivity contribution in [2.75, 3.05) is 18.5 Å². The number of hydrogen-bond acceptors (Lipinski definition) is 4. The summed E-state index contributed by atoms with van der Waals surface area (Å²) in [6, 6.07) is 0.652. The lowest BCUT2D eigenvalue weighted by atomic mass is 9.84. The second kappa shape index (κ2) is 6.08. The van der Waals surface area contributed by atoms with Gasteiger partial charge in [0.25, 0.3) is 0 Å². The Morgan fingerprint density at radius 1 is 1.25 bits per heavy atom. The molecule has 110 valence electrons. The molecule has 2 heterocycles. The van der Waals surface area contributed by atoms with E-state index >= 15 is 0 Å². The van der Waals surface area contributed by atoms with E-state index in [2.05, 4.69) is 34.2 Å². The maximum Gasteiger partial charge on any atom is 0.136 e. The summed E-state index contributed by atoms with van der Waals surface area (Å²) in [5, 5.41) is 3.45. The zero-order chi connectivity index (χ0) is 13.9. The number of anilines is 1. The van der Waals surface area contributed by atoms with Crippen molar-refractivity contribution in [2.45, 2.75) is 58.0 Å². The van der Waals surface area contributed by atoms with Crippen LogP contribution in [0, 0.1) is 5.92 Å². The fourth-order valence-electron chi connectivity index (χ4n) is 3.67. The molecule has 4 heteroatoms. The lowest BCUT2D eigenvalue weighted by molar-refractivity contribution is 0.312. The molecule has 0 saturated heterocycles. The van der Waals surface area contributed by atoms with Gasteiger partial charge in [0.2, 0.25) is 0 Å². The van der Waals surface area contributed by atoms with Crippen LogP contribution in [0.15, 0.2) is 6.33 Å². The van der Waals surface area contributed by atoms with E-state index in [1.807, 2.05) is 0 Å². The van der Waals surface area contributed by atoms with E-state index in [9.17, 15) is 0 Å². The molecule has 0 spiro atoms. The Labute approximate surface area is 122 Å². The van der Waals surface area contributed by atoms with Gasteiger partial charge in [0.1, 0.15) is 12.1 Å². The summed E-state index contributed by atoms with van der Waals surface area (Å²) in [6.45, 7) is 4.27. The molecule has 0 aromatic carbocycles. The molecule has 20 heavy (non-hydrogen) atoms. The molecule has 1 N–H and O–H groups in total. The predicted octanol–water partition coefficient (Wildman–Crippen LogP) is 2.53. The van der Waals surface area contributed by atoms with Gasteiger partial charge >= 0.3 is 0 Å². The third kappa shape index (κ3) is 2.66. The normalized spacial score (nSPS) is 26.1. The highest BCUT2D eigenvalue weighted by Crippen LogP contribution is 2.32. The maximum atomic E-state index is 4.58. The topological polar surface area (TPSA) is 41.1 Å². The van der Waals surface area contributed by atoms with E-state index in [1.54, 1.807) is 6.33 Å². The average Bonchev–Trinajstić information content (AvgIpc) is 2.54. The fourth-order valence-corrected chi connectivity index (χ4v) is 3.67. The molecule has 0 radical (unpaired) electrons. The standard InChI is InChI=1S/C16H26N4/c1-3-12-4-6-13(7-5-12)20(2)16-14-10-17-9-8-15(14)18-11-19-16/h11-13,17H,3-10H2,1-2H3. The third-order valence-electron chi connectivity index (χ3n) is 5.13. The lowest BCUT2D eigenvalue weighted by Crippen LogP contribution is -2.37. The molecule has 1 aliphatic heterocycles. The summed E-state index contributed by atoms with van der Waals surface area (Å²) in [5.74, 6) is 2.10. The Balaban J connectivity index is 1.76. The first-order valence-electron chi connectivity index (χ1n) is 8.06. The number of rotatable bonds is 3. The van der Waals surface area contributed by atoms with E-state index in [0.29, 0.717) is 6.04 Å². The van der Waals surface area contributed by atoms with Crippen molar-refractivity contribution in [3.05, 3.63) is 17.6 Å². The van der Waals surface area contributed by atoms with E-state index in [1.165, 1.54) is 43.4 Å². The van der Waals surface area contributed by atoms with E-state index < -0.39 is 0 Å². The molecule has 1 aliphatic carbocycles. The van der Waals surface area contributed by atoms with Crippen LogP contribution in [0.3, 0.4) is 0 Å². The molecular formula is C16H26N4. The summed E-state index contributed by atoms with van der Waals surface area (Å²) >= 11 is 0. The highest BCUT2D eigenvalue weighted by molar-refractivity contribution is 5.49. The Bertz CT molecular complexity index is 452. The Morgan fingerprint density at radius 2 is 2.05 bits per heavy atom. The predicted molar refractivity (Wildman–Crippen MR) is 81.9 cm³/mol. The first-order valence-corrected chi connectivity index (χ1v) is 8.06. The van der Waals surface area contributed by atoms with E-state index in [0.717, 1.165) is 31.2 Å². The van der Waals surface area contributed by atoms with Crippen LogP contribution in [0.2, 0.25) is 0 Å². The summed E-state index contributed by atoms with van der Waals surface area (Å²) in [6.07, 6.45) is 9.47. The summed E-state index contributed by atoms with van der Waals surface area (Å²) in [4.78, 5) is 11.5. The van der Waals surface area contributed by atoms with Crippen LogP contribution in [0.4, 0.5) is 5.82 Å². The largest absolute Gasteiger partial charge is 0.356 e. The van der Waals surface area contributed by atoms with Gasteiger partial charge in [-0.15, -0.1) is 0 Å². The zero-order valence-electron chi connectivity index (χ0n) is 12.7. The van der Waals surface area contributed by atoms with Crippen LogP contribution in [0.5, 0.6) is 0 Å². The minimum Gasteiger partial charge on any atom is -0.356 e. The maximum absolute atomic E-state index is 4.58. The monoisotopic (exact) mass is 274 g/mol. The minimum absolute atomic E-state index is 0.652. The van der Waals surface area contributed by atoms with Gasteiger partial charge < -0.3 is 10.2 Å². The average molecular weight is 274 g/mol. The fraction of sp³-hybridized carbons (Fsp3) is 0.750. The summed E-state index contributed by atoms with van der Waals surface area (Å²) in [7, 11) is 2.22. The molecule has 0 atom stereocenters. The Morgan fingerprint density at radius 3 is 2.80 bits per heavy atom. The van der Waals surface area contributed by atoms with Gasteiger partial charge in [-0.25, -0.2) is 9.97 Å². The van der Waals surface area contributed by atoms with Gasteiger partial charge in [0.05, 0.1) is 5.69 Å². The van der Waals surface area contributed by atoms with Crippen molar-refractivity contribution < 1.29 is 0 Å². The van der Waals surface area contributed by atoms with Gasteiger partial charge in [0.15, 0.2) is 0 Å². The van der Waals surface area contributed by atoms with E-state index in [4.69, 9.17) is 0 Å². The molecule has 1 saturated carbocycles. The van der Waals surface area contributed by atoms with Crippen molar-refractivity contribution in [3.63, 3.8) is 0 Å². The van der Waals surface area contributed by atoms with Crippen LogP contribution >= 0.6 is 0 Å². The van der Waals surface area contributed by atoms with Crippen LogP contribution < -0.4 is 10.2 Å². The SMILES string of the molecule is CCC1CCC(N(C)c2ncnc3c2CNCC3)CC1. The molecule has 3 rings (SSSR count). The number of hydrogen-bond donors (Lipinski definition) is 1. The van der Waals surface area contributed by atoms with Gasteiger partial charge in [-0.2, -0.15) is 0 Å². The number of nitrogens with one attached hydrogen (secondary N) is 1. The quantitative estimate of drug-likeness (QED) is 0.919. The highest BCUT2D eigenvalue weighted by atomic mass is 15.2.